The van der Waals surface area contributed by atoms with E-state index in [1.807, 2.05) is 0 Å². The van der Waals surface area contributed by atoms with Crippen LogP contribution in [0.15, 0.2) is 24.5 Å². The van der Waals surface area contributed by atoms with Gasteiger partial charge in [0.1, 0.15) is 12.6 Å². The maximum atomic E-state index is 10.0. The number of hydrogen-bond acceptors (Lipinski definition) is 3. The monoisotopic (exact) mass is 154 g/mol. The molecule has 0 aliphatic rings. The number of hydrogen-bond donors (Lipinski definition) is 2. The molecule has 1 heterocycles. The second-order valence-corrected chi connectivity index (χ2v) is 2.20. The molecule has 0 bridgehead atoms. The van der Waals surface area contributed by atoms with Crippen molar-refractivity contribution in [3.05, 3.63) is 35.3 Å². The molecule has 60 valence electrons. The van der Waals surface area contributed by atoms with Crippen molar-refractivity contribution in [2.24, 2.45) is 0 Å². The zero-order chi connectivity index (χ0) is 8.10. The summed E-state index contributed by atoms with van der Waals surface area (Å²) >= 11 is 0. The van der Waals surface area contributed by atoms with Crippen LogP contribution in [0.4, 0.5) is 0 Å². The predicted molar refractivity (Wildman–Crippen MR) is 39.4 cm³/mol. The Morgan fingerprint density at radius 3 is 2.73 bits per heavy atom. The molecule has 1 atom stereocenters. The highest BCUT2D eigenvalue weighted by Crippen LogP contribution is 2.07. The van der Waals surface area contributed by atoms with Crippen LogP contribution < -0.4 is 5.48 Å². The number of quaternary nitrogens is 1. The number of pyridine rings is 1. The molecule has 0 spiro atoms. The van der Waals surface area contributed by atoms with Gasteiger partial charge in [0, 0.05) is 12.4 Å². The Bertz CT molecular complexity index is 203. The van der Waals surface area contributed by atoms with Gasteiger partial charge in [0.2, 0.25) is 0 Å². The van der Waals surface area contributed by atoms with Gasteiger partial charge in [-0.3, -0.25) is 4.98 Å². The molecule has 0 fully saturated rings. The summed E-state index contributed by atoms with van der Waals surface area (Å²) in [7, 11) is 0. The lowest BCUT2D eigenvalue weighted by Gasteiger charge is -2.09. The standard InChI is InChI=1S/C7H10N2O2/c10-7(5-9-11)6-1-3-8-4-2-6/h1-4,7,10H,5,9H2. The number of hydroxylamine groups is 1. The summed E-state index contributed by atoms with van der Waals surface area (Å²) in [5, 5.41) is 19.3. The minimum atomic E-state index is -0.685. The molecule has 1 unspecified atom stereocenters. The van der Waals surface area contributed by atoms with Gasteiger partial charge in [-0.1, -0.05) is 0 Å². The molecule has 1 aromatic heterocycles. The van der Waals surface area contributed by atoms with E-state index < -0.39 is 6.10 Å². The van der Waals surface area contributed by atoms with E-state index in [0.717, 1.165) is 5.56 Å². The van der Waals surface area contributed by atoms with Gasteiger partial charge in [-0.25, -0.2) is 0 Å². The number of rotatable bonds is 3. The van der Waals surface area contributed by atoms with Crippen LogP contribution in [-0.4, -0.2) is 16.6 Å². The molecule has 0 saturated carbocycles. The number of aromatic nitrogens is 1. The van der Waals surface area contributed by atoms with Crippen LogP contribution in [0.25, 0.3) is 0 Å². The Kier molecular flexibility index (Phi) is 2.97. The highest BCUT2D eigenvalue weighted by Gasteiger charge is 2.05. The minimum Gasteiger partial charge on any atom is -0.636 e. The van der Waals surface area contributed by atoms with Crippen molar-refractivity contribution in [1.29, 1.82) is 0 Å². The quantitative estimate of drug-likeness (QED) is 0.558. The summed E-state index contributed by atoms with van der Waals surface area (Å²) in [6.45, 7) is 0.143. The van der Waals surface area contributed by atoms with Crippen LogP contribution in [0.1, 0.15) is 11.7 Å². The minimum absolute atomic E-state index is 0.143. The molecule has 1 aromatic rings. The van der Waals surface area contributed by atoms with Gasteiger partial charge in [0.25, 0.3) is 0 Å². The normalized spacial score (nSPS) is 12.9. The predicted octanol–water partition coefficient (Wildman–Crippen LogP) is -0.824. The Morgan fingerprint density at radius 1 is 1.55 bits per heavy atom. The molecule has 0 aliphatic heterocycles. The average Bonchev–Trinajstić information content (AvgIpc) is 2.07. The summed E-state index contributed by atoms with van der Waals surface area (Å²) < 4.78 is 0. The molecule has 0 amide bonds. The summed E-state index contributed by atoms with van der Waals surface area (Å²) in [5.74, 6) is 0. The Hall–Kier alpha value is -0.970. The molecule has 1 rings (SSSR count). The van der Waals surface area contributed by atoms with Gasteiger partial charge in [0.15, 0.2) is 0 Å². The van der Waals surface area contributed by atoms with Crippen molar-refractivity contribution in [1.82, 2.24) is 4.98 Å². The van der Waals surface area contributed by atoms with Gasteiger partial charge in [-0.2, -0.15) is 0 Å². The number of aliphatic hydroxyl groups excluding tert-OH is 1. The third kappa shape index (κ3) is 2.27. The SMILES string of the molecule is [O-][NH2+]CC(O)c1ccncc1. The summed E-state index contributed by atoms with van der Waals surface area (Å²) in [4.78, 5) is 3.79. The van der Waals surface area contributed by atoms with E-state index >= 15 is 0 Å². The Labute approximate surface area is 64.5 Å². The molecule has 4 heteroatoms. The molecule has 3 N–H and O–H groups in total. The lowest BCUT2D eigenvalue weighted by Crippen LogP contribution is -2.78. The Morgan fingerprint density at radius 2 is 2.18 bits per heavy atom. The molecule has 4 nitrogen and oxygen atoms in total. The molecule has 0 aliphatic carbocycles. The van der Waals surface area contributed by atoms with E-state index in [4.69, 9.17) is 0 Å². The first-order valence-corrected chi connectivity index (χ1v) is 3.36. The van der Waals surface area contributed by atoms with Crippen LogP contribution in [0, 0.1) is 5.21 Å². The average molecular weight is 154 g/mol. The number of aliphatic hydroxyl groups is 1. The largest absolute Gasteiger partial charge is 0.636 e. The lowest BCUT2D eigenvalue weighted by atomic mass is 10.1. The molecule has 11 heavy (non-hydrogen) atoms. The fourth-order valence-electron chi connectivity index (χ4n) is 0.813. The van der Waals surface area contributed by atoms with E-state index in [2.05, 4.69) is 4.98 Å². The van der Waals surface area contributed by atoms with Crippen LogP contribution in [-0.2, 0) is 0 Å². The highest BCUT2D eigenvalue weighted by atomic mass is 16.5. The topological polar surface area (TPSA) is 72.8 Å². The van der Waals surface area contributed by atoms with Gasteiger partial charge in [0.05, 0.1) is 0 Å². The lowest BCUT2D eigenvalue weighted by molar-refractivity contribution is -0.597. The first kappa shape index (κ1) is 8.13. The fourth-order valence-corrected chi connectivity index (χ4v) is 0.813. The van der Waals surface area contributed by atoms with E-state index in [0.29, 0.717) is 5.48 Å². The third-order valence-corrected chi connectivity index (χ3v) is 1.41. The second kappa shape index (κ2) is 4.02. The van der Waals surface area contributed by atoms with Crippen LogP contribution in [0.3, 0.4) is 0 Å². The van der Waals surface area contributed by atoms with Crippen molar-refractivity contribution in [3.63, 3.8) is 0 Å². The maximum Gasteiger partial charge on any atom is 0.128 e. The fraction of sp³-hybridized carbons (Fsp3) is 0.286. The van der Waals surface area contributed by atoms with Crippen molar-refractivity contribution in [2.75, 3.05) is 6.54 Å². The van der Waals surface area contributed by atoms with Crippen LogP contribution >= 0.6 is 0 Å². The molecular weight excluding hydrogens is 144 g/mol. The molecule has 0 aromatic carbocycles. The second-order valence-electron chi connectivity index (χ2n) is 2.20. The maximum absolute atomic E-state index is 10.0. The zero-order valence-electron chi connectivity index (χ0n) is 5.97. The van der Waals surface area contributed by atoms with Crippen molar-refractivity contribution < 1.29 is 10.6 Å². The number of nitrogens with zero attached hydrogens (tertiary/aromatic N) is 1. The summed E-state index contributed by atoms with van der Waals surface area (Å²) in [6, 6.07) is 3.38. The Balaban J connectivity index is 2.61. The first-order valence-electron chi connectivity index (χ1n) is 3.36. The highest BCUT2D eigenvalue weighted by molar-refractivity contribution is 5.12. The molecule has 0 saturated heterocycles. The zero-order valence-corrected chi connectivity index (χ0v) is 5.97. The van der Waals surface area contributed by atoms with Crippen molar-refractivity contribution >= 4 is 0 Å². The number of nitrogens with two attached hydrogens (primary N) is 1. The van der Waals surface area contributed by atoms with Gasteiger partial charge in [-0.05, 0) is 17.7 Å². The van der Waals surface area contributed by atoms with Gasteiger partial charge >= 0.3 is 0 Å². The van der Waals surface area contributed by atoms with E-state index in [1.54, 1.807) is 24.5 Å². The van der Waals surface area contributed by atoms with E-state index in [9.17, 15) is 10.3 Å². The smallest absolute Gasteiger partial charge is 0.128 e. The van der Waals surface area contributed by atoms with E-state index in [1.165, 1.54) is 0 Å². The first-order chi connectivity index (χ1) is 5.34. The summed E-state index contributed by atoms with van der Waals surface area (Å²) in [5.41, 5.74) is 1.43. The van der Waals surface area contributed by atoms with Crippen LogP contribution in [0.2, 0.25) is 0 Å². The molecule has 0 radical (unpaired) electrons. The van der Waals surface area contributed by atoms with Crippen LogP contribution in [0.5, 0.6) is 0 Å². The third-order valence-electron chi connectivity index (χ3n) is 1.41. The van der Waals surface area contributed by atoms with Crippen molar-refractivity contribution in [2.45, 2.75) is 6.10 Å². The molecular formula is C7H10N2O2. The van der Waals surface area contributed by atoms with Gasteiger partial charge in [-0.15, -0.1) is 0 Å². The van der Waals surface area contributed by atoms with Gasteiger partial charge < -0.3 is 15.8 Å². The van der Waals surface area contributed by atoms with Crippen molar-refractivity contribution in [3.8, 4) is 0 Å². The summed E-state index contributed by atoms with van der Waals surface area (Å²) in [6.07, 6.45) is 2.49. The van der Waals surface area contributed by atoms with E-state index in [-0.39, 0.29) is 6.54 Å².